The van der Waals surface area contributed by atoms with Crippen LogP contribution in [0.3, 0.4) is 0 Å². The Labute approximate surface area is 206 Å². The van der Waals surface area contributed by atoms with E-state index in [1.165, 1.54) is 17.0 Å². The fraction of sp³-hybridized carbons (Fsp3) is 0.480. The summed E-state index contributed by atoms with van der Waals surface area (Å²) in [6, 6.07) is 5.45. The second-order valence-electron chi connectivity index (χ2n) is 9.24. The first kappa shape index (κ1) is 28.8. The maximum absolute atomic E-state index is 13.6. The first-order valence-corrected chi connectivity index (χ1v) is 11.4. The van der Waals surface area contributed by atoms with Crippen molar-refractivity contribution in [3.05, 3.63) is 70.3 Å². The number of benzene rings is 2. The second kappa shape index (κ2) is 10.5. The van der Waals surface area contributed by atoms with Crippen LogP contribution in [0.2, 0.25) is 0 Å². The number of hydrogen-bond acceptors (Lipinski definition) is 2. The minimum atomic E-state index is -4.93. The van der Waals surface area contributed by atoms with Gasteiger partial charge in [0.25, 0.3) is 0 Å². The molecule has 37 heavy (non-hydrogen) atoms. The summed E-state index contributed by atoms with van der Waals surface area (Å²) in [6.07, 6.45) is -13.3. The molecule has 12 heteroatoms. The summed E-state index contributed by atoms with van der Waals surface area (Å²) in [6.45, 7) is -0.396. The third kappa shape index (κ3) is 7.18. The van der Waals surface area contributed by atoms with Gasteiger partial charge in [-0.25, -0.2) is 0 Å². The van der Waals surface area contributed by atoms with Crippen molar-refractivity contribution in [2.75, 3.05) is 6.54 Å². The van der Waals surface area contributed by atoms with Gasteiger partial charge in [0.1, 0.15) is 0 Å². The van der Waals surface area contributed by atoms with Crippen LogP contribution in [0.1, 0.15) is 59.9 Å². The molecule has 0 unspecified atom stereocenters. The van der Waals surface area contributed by atoms with Gasteiger partial charge in [0.2, 0.25) is 0 Å². The number of nitrogens with zero attached hydrogens (tertiary/aromatic N) is 1. The van der Waals surface area contributed by atoms with E-state index in [1.54, 1.807) is 0 Å². The van der Waals surface area contributed by atoms with Crippen LogP contribution in [0.5, 0.6) is 0 Å². The fourth-order valence-electron chi connectivity index (χ4n) is 4.87. The van der Waals surface area contributed by atoms with Crippen molar-refractivity contribution in [2.45, 2.75) is 69.1 Å². The molecule has 0 aromatic heterocycles. The average Bonchev–Trinajstić information content (AvgIpc) is 2.77. The van der Waals surface area contributed by atoms with Crippen molar-refractivity contribution in [3.63, 3.8) is 0 Å². The number of carbonyl (C=O) groups is 1. The van der Waals surface area contributed by atoms with Crippen LogP contribution in [-0.4, -0.2) is 28.1 Å². The molecular formula is C25H24F9NO2. The van der Waals surface area contributed by atoms with E-state index in [-0.39, 0.29) is 25.8 Å². The van der Waals surface area contributed by atoms with Gasteiger partial charge >= 0.3 is 24.5 Å². The molecule has 0 amide bonds. The molecule has 1 heterocycles. The summed E-state index contributed by atoms with van der Waals surface area (Å²) in [4.78, 5) is 13.3. The number of aliphatic carboxylic acids is 1. The van der Waals surface area contributed by atoms with E-state index in [0.717, 1.165) is 12.1 Å². The van der Waals surface area contributed by atoms with Crippen LogP contribution in [-0.2, 0) is 36.3 Å². The maximum Gasteiger partial charge on any atom is 0.416 e. The van der Waals surface area contributed by atoms with E-state index in [0.29, 0.717) is 36.6 Å². The van der Waals surface area contributed by atoms with Crippen LogP contribution < -0.4 is 0 Å². The zero-order valence-electron chi connectivity index (χ0n) is 19.4. The molecule has 0 radical (unpaired) electrons. The lowest BCUT2D eigenvalue weighted by Gasteiger charge is -2.47. The predicted octanol–water partition coefficient (Wildman–Crippen LogP) is 7.58. The number of hydrogen-bond donors (Lipinski definition) is 1. The molecule has 3 rings (SSSR count). The Morgan fingerprint density at radius 1 is 0.838 bits per heavy atom. The van der Waals surface area contributed by atoms with Crippen molar-refractivity contribution < 1.29 is 49.4 Å². The molecule has 0 bridgehead atoms. The van der Waals surface area contributed by atoms with Crippen molar-refractivity contribution >= 4 is 5.97 Å². The van der Waals surface area contributed by atoms with Crippen molar-refractivity contribution in [2.24, 2.45) is 0 Å². The lowest BCUT2D eigenvalue weighted by molar-refractivity contribution is -0.144. The average molecular weight is 541 g/mol. The molecule has 3 nitrogen and oxygen atoms in total. The zero-order chi connectivity index (χ0) is 27.6. The van der Waals surface area contributed by atoms with E-state index < -0.39 is 65.3 Å². The van der Waals surface area contributed by atoms with Gasteiger partial charge in [-0.15, -0.1) is 0 Å². The summed E-state index contributed by atoms with van der Waals surface area (Å²) in [7, 11) is 0. The standard InChI is InChI=1S/C25H24F9NO2/c26-23(27,28)18-5-3-16(4-6-18)9-11-22(14-21(36)37)10-1-2-12-35(22)15-17-13-19(24(29,30)31)7-8-20(17)25(32,33)34/h3-8,13H,1-2,9-12,14-15H2,(H,36,37)/t22-/m0/s1. The van der Waals surface area contributed by atoms with Crippen LogP contribution >= 0.6 is 0 Å². The number of carboxylic acids is 1. The first-order chi connectivity index (χ1) is 17.0. The summed E-state index contributed by atoms with van der Waals surface area (Å²) >= 11 is 0. The number of alkyl halides is 9. The Balaban J connectivity index is 1.95. The SMILES string of the molecule is O=C(O)C[C@@]1(CCc2ccc(C(F)(F)F)cc2)CCCCN1Cc1cc(C(F)(F)F)ccc1C(F)(F)F. The second-order valence-corrected chi connectivity index (χ2v) is 9.24. The molecule has 204 valence electrons. The minimum Gasteiger partial charge on any atom is -0.481 e. The Bertz CT molecular complexity index is 1090. The number of piperidine rings is 1. The predicted molar refractivity (Wildman–Crippen MR) is 115 cm³/mol. The molecule has 1 N–H and O–H groups in total. The lowest BCUT2D eigenvalue weighted by atomic mass is 9.78. The third-order valence-corrected chi connectivity index (χ3v) is 6.73. The van der Waals surface area contributed by atoms with E-state index in [9.17, 15) is 49.4 Å². The number of likely N-dealkylation sites (tertiary alicyclic amines) is 1. The topological polar surface area (TPSA) is 40.5 Å². The molecule has 2 aromatic rings. The van der Waals surface area contributed by atoms with Gasteiger partial charge < -0.3 is 5.11 Å². The lowest BCUT2D eigenvalue weighted by Crippen LogP contribution is -2.53. The molecule has 1 fully saturated rings. The summed E-state index contributed by atoms with van der Waals surface area (Å²) in [5.74, 6) is -1.24. The van der Waals surface area contributed by atoms with E-state index in [4.69, 9.17) is 0 Å². The van der Waals surface area contributed by atoms with Crippen LogP contribution in [0.15, 0.2) is 42.5 Å². The highest BCUT2D eigenvalue weighted by atomic mass is 19.4. The van der Waals surface area contributed by atoms with E-state index in [2.05, 4.69) is 0 Å². The summed E-state index contributed by atoms with van der Waals surface area (Å²) < 4.78 is 119. The molecule has 0 saturated carbocycles. The number of rotatable bonds is 7. The quantitative estimate of drug-likeness (QED) is 0.368. The molecular weight excluding hydrogens is 517 g/mol. The number of carboxylic acid groups (broad SMARTS) is 1. The van der Waals surface area contributed by atoms with Gasteiger partial charge in [0.15, 0.2) is 0 Å². The largest absolute Gasteiger partial charge is 0.481 e. The maximum atomic E-state index is 13.6. The highest BCUT2D eigenvalue weighted by Gasteiger charge is 2.43. The molecule has 0 aliphatic carbocycles. The van der Waals surface area contributed by atoms with E-state index >= 15 is 0 Å². The van der Waals surface area contributed by atoms with Crippen molar-refractivity contribution in [1.82, 2.24) is 4.90 Å². The fourth-order valence-corrected chi connectivity index (χ4v) is 4.87. The van der Waals surface area contributed by atoms with Crippen molar-refractivity contribution in [3.8, 4) is 0 Å². The normalized spacial score (nSPS) is 19.7. The monoisotopic (exact) mass is 541 g/mol. The van der Waals surface area contributed by atoms with Gasteiger partial charge in [-0.05, 0) is 73.7 Å². The minimum absolute atomic E-state index is 0.0883. The van der Waals surface area contributed by atoms with Crippen LogP contribution in [0, 0.1) is 0 Å². The first-order valence-electron chi connectivity index (χ1n) is 11.4. The Hall–Kier alpha value is -2.76. The number of aryl methyl sites for hydroxylation is 1. The summed E-state index contributed by atoms with van der Waals surface area (Å²) in [5, 5.41) is 9.59. The smallest absolute Gasteiger partial charge is 0.416 e. The molecule has 0 spiro atoms. The van der Waals surface area contributed by atoms with Crippen LogP contribution in [0.4, 0.5) is 39.5 Å². The molecule has 1 aliphatic heterocycles. The van der Waals surface area contributed by atoms with Gasteiger partial charge in [-0.1, -0.05) is 18.6 Å². The van der Waals surface area contributed by atoms with Crippen molar-refractivity contribution in [1.29, 1.82) is 0 Å². The zero-order valence-corrected chi connectivity index (χ0v) is 19.4. The van der Waals surface area contributed by atoms with Crippen LogP contribution in [0.25, 0.3) is 0 Å². The van der Waals surface area contributed by atoms with Gasteiger partial charge in [0, 0.05) is 12.1 Å². The molecule has 1 aliphatic rings. The van der Waals surface area contributed by atoms with Gasteiger partial charge in [-0.2, -0.15) is 39.5 Å². The van der Waals surface area contributed by atoms with Gasteiger partial charge in [-0.3, -0.25) is 9.69 Å². The third-order valence-electron chi connectivity index (χ3n) is 6.73. The highest BCUT2D eigenvalue weighted by molar-refractivity contribution is 5.68. The Morgan fingerprint density at radius 3 is 1.97 bits per heavy atom. The molecule has 2 aromatic carbocycles. The highest BCUT2D eigenvalue weighted by Crippen LogP contribution is 2.41. The van der Waals surface area contributed by atoms with Gasteiger partial charge in [0.05, 0.1) is 23.1 Å². The molecule has 1 saturated heterocycles. The number of halogens is 9. The van der Waals surface area contributed by atoms with E-state index in [1.807, 2.05) is 0 Å². The Morgan fingerprint density at radius 2 is 1.43 bits per heavy atom. The Kier molecular flexibility index (Phi) is 8.21. The summed E-state index contributed by atoms with van der Waals surface area (Å²) in [5.41, 5.74) is -4.69. The molecule has 1 atom stereocenters.